The molecule has 1 atom stereocenters. The minimum Gasteiger partial charge on any atom is -0.380 e. The number of anilines is 1. The summed E-state index contributed by atoms with van der Waals surface area (Å²) in [5.41, 5.74) is -0.558. The summed E-state index contributed by atoms with van der Waals surface area (Å²) in [7, 11) is 0. The molecule has 0 aliphatic rings. The number of halogens is 3. The van der Waals surface area contributed by atoms with Crippen molar-refractivity contribution < 1.29 is 13.2 Å². The van der Waals surface area contributed by atoms with Crippen LogP contribution in [-0.2, 0) is 12.7 Å². The van der Waals surface area contributed by atoms with Crippen molar-refractivity contribution in [1.29, 1.82) is 0 Å². The lowest BCUT2D eigenvalue weighted by Crippen LogP contribution is -2.24. The molecule has 1 N–H and O–H groups in total. The largest absolute Gasteiger partial charge is 0.418 e. The van der Waals surface area contributed by atoms with E-state index in [9.17, 15) is 13.2 Å². The quantitative estimate of drug-likeness (QED) is 0.921. The van der Waals surface area contributed by atoms with Crippen LogP contribution in [0.15, 0.2) is 42.7 Å². The van der Waals surface area contributed by atoms with Gasteiger partial charge < -0.3 is 5.32 Å². The molecule has 0 saturated carbocycles. The highest BCUT2D eigenvalue weighted by Crippen LogP contribution is 2.34. The predicted octanol–water partition coefficient (Wildman–Crippen LogP) is 3.40. The van der Waals surface area contributed by atoms with Crippen molar-refractivity contribution in [2.45, 2.75) is 25.7 Å². The standard InChI is InChI=1S/C13H14F3N3/c1-10(9-19-8-4-7-17-19)18-12-6-3-2-5-11(12)13(14,15)16/h2-8,10,18H,9H2,1H3. The van der Waals surface area contributed by atoms with Crippen LogP contribution in [0.4, 0.5) is 18.9 Å². The third kappa shape index (κ3) is 3.49. The number of aromatic nitrogens is 2. The van der Waals surface area contributed by atoms with Crippen molar-refractivity contribution in [3.8, 4) is 0 Å². The Kier molecular flexibility index (Phi) is 3.78. The summed E-state index contributed by atoms with van der Waals surface area (Å²) >= 11 is 0. The number of alkyl halides is 3. The van der Waals surface area contributed by atoms with E-state index in [0.29, 0.717) is 6.54 Å². The Labute approximate surface area is 109 Å². The van der Waals surface area contributed by atoms with E-state index in [0.717, 1.165) is 6.07 Å². The van der Waals surface area contributed by atoms with Crippen LogP contribution < -0.4 is 5.32 Å². The van der Waals surface area contributed by atoms with Gasteiger partial charge in [-0.1, -0.05) is 12.1 Å². The number of nitrogens with zero attached hydrogens (tertiary/aromatic N) is 2. The zero-order valence-corrected chi connectivity index (χ0v) is 10.4. The number of nitrogens with one attached hydrogen (secondary N) is 1. The van der Waals surface area contributed by atoms with E-state index >= 15 is 0 Å². The van der Waals surface area contributed by atoms with Gasteiger partial charge in [-0.3, -0.25) is 4.68 Å². The first-order chi connectivity index (χ1) is 8.97. The van der Waals surface area contributed by atoms with Crippen molar-refractivity contribution >= 4 is 5.69 Å². The van der Waals surface area contributed by atoms with Crippen LogP contribution in [0, 0.1) is 0 Å². The van der Waals surface area contributed by atoms with Crippen molar-refractivity contribution in [1.82, 2.24) is 9.78 Å². The Morgan fingerprint density at radius 3 is 2.63 bits per heavy atom. The number of para-hydroxylation sites is 1. The highest BCUT2D eigenvalue weighted by Gasteiger charge is 2.33. The van der Waals surface area contributed by atoms with Crippen LogP contribution >= 0.6 is 0 Å². The van der Waals surface area contributed by atoms with Crippen molar-refractivity contribution in [3.05, 3.63) is 48.3 Å². The van der Waals surface area contributed by atoms with E-state index in [2.05, 4.69) is 10.4 Å². The molecule has 2 rings (SSSR count). The molecule has 0 radical (unpaired) electrons. The molecule has 0 amide bonds. The van der Waals surface area contributed by atoms with Gasteiger partial charge in [-0.05, 0) is 25.1 Å². The van der Waals surface area contributed by atoms with Gasteiger partial charge in [-0.15, -0.1) is 0 Å². The summed E-state index contributed by atoms with van der Waals surface area (Å²) in [5.74, 6) is 0. The van der Waals surface area contributed by atoms with Gasteiger partial charge in [0.25, 0.3) is 0 Å². The van der Waals surface area contributed by atoms with Gasteiger partial charge in [0.2, 0.25) is 0 Å². The lowest BCUT2D eigenvalue weighted by Gasteiger charge is -2.19. The maximum Gasteiger partial charge on any atom is 0.418 e. The first-order valence-corrected chi connectivity index (χ1v) is 5.87. The average Bonchev–Trinajstić information content (AvgIpc) is 2.81. The molecular weight excluding hydrogens is 255 g/mol. The van der Waals surface area contributed by atoms with Crippen molar-refractivity contribution in [3.63, 3.8) is 0 Å². The van der Waals surface area contributed by atoms with E-state index in [1.165, 1.54) is 12.1 Å². The molecule has 3 nitrogen and oxygen atoms in total. The fourth-order valence-corrected chi connectivity index (χ4v) is 1.86. The lowest BCUT2D eigenvalue weighted by atomic mass is 10.1. The van der Waals surface area contributed by atoms with E-state index in [1.807, 2.05) is 6.92 Å². The Morgan fingerprint density at radius 1 is 1.26 bits per heavy atom. The monoisotopic (exact) mass is 269 g/mol. The molecule has 1 heterocycles. The second-order valence-electron chi connectivity index (χ2n) is 4.32. The lowest BCUT2D eigenvalue weighted by molar-refractivity contribution is -0.137. The zero-order chi connectivity index (χ0) is 13.9. The van der Waals surface area contributed by atoms with Gasteiger partial charge in [0.15, 0.2) is 0 Å². The molecule has 1 aromatic carbocycles. The topological polar surface area (TPSA) is 29.9 Å². The Morgan fingerprint density at radius 2 is 2.00 bits per heavy atom. The number of hydrogen-bond donors (Lipinski definition) is 1. The fraction of sp³-hybridized carbons (Fsp3) is 0.308. The summed E-state index contributed by atoms with van der Waals surface area (Å²) < 4.78 is 40.1. The normalized spacial score (nSPS) is 13.3. The molecule has 0 aliphatic carbocycles. The minimum atomic E-state index is -4.35. The molecule has 1 unspecified atom stereocenters. The number of hydrogen-bond acceptors (Lipinski definition) is 2. The summed E-state index contributed by atoms with van der Waals surface area (Å²) in [4.78, 5) is 0. The summed E-state index contributed by atoms with van der Waals surface area (Å²) in [6, 6.07) is 7.08. The van der Waals surface area contributed by atoms with Crippen LogP contribution in [0.5, 0.6) is 0 Å². The fourth-order valence-electron chi connectivity index (χ4n) is 1.86. The highest BCUT2D eigenvalue weighted by atomic mass is 19.4. The van der Waals surface area contributed by atoms with Gasteiger partial charge >= 0.3 is 6.18 Å². The Hall–Kier alpha value is -1.98. The molecule has 0 fully saturated rings. The van der Waals surface area contributed by atoms with Crippen LogP contribution in [0.1, 0.15) is 12.5 Å². The van der Waals surface area contributed by atoms with Crippen molar-refractivity contribution in [2.24, 2.45) is 0 Å². The zero-order valence-electron chi connectivity index (χ0n) is 10.4. The third-order valence-corrected chi connectivity index (χ3v) is 2.65. The molecule has 0 spiro atoms. The van der Waals surface area contributed by atoms with E-state index < -0.39 is 11.7 Å². The molecule has 19 heavy (non-hydrogen) atoms. The molecule has 0 saturated heterocycles. The SMILES string of the molecule is CC(Cn1cccn1)Nc1ccccc1C(F)(F)F. The molecule has 2 aromatic rings. The third-order valence-electron chi connectivity index (χ3n) is 2.65. The van der Waals surface area contributed by atoms with Gasteiger partial charge in [0.1, 0.15) is 0 Å². The molecule has 0 aliphatic heterocycles. The molecule has 102 valence electrons. The molecule has 6 heteroatoms. The Balaban J connectivity index is 2.10. The van der Waals surface area contributed by atoms with Crippen LogP contribution in [0.2, 0.25) is 0 Å². The summed E-state index contributed by atoms with van der Waals surface area (Å²) in [6.45, 7) is 2.31. The maximum atomic E-state index is 12.8. The van der Waals surface area contributed by atoms with E-state index in [-0.39, 0.29) is 11.7 Å². The highest BCUT2D eigenvalue weighted by molar-refractivity contribution is 5.53. The van der Waals surface area contributed by atoms with Crippen LogP contribution in [0.25, 0.3) is 0 Å². The maximum absolute atomic E-state index is 12.8. The average molecular weight is 269 g/mol. The van der Waals surface area contributed by atoms with Gasteiger partial charge in [0.05, 0.1) is 12.1 Å². The number of benzene rings is 1. The Bertz CT molecular complexity index is 520. The smallest absolute Gasteiger partial charge is 0.380 e. The van der Waals surface area contributed by atoms with Gasteiger partial charge in [-0.2, -0.15) is 18.3 Å². The molecule has 1 aromatic heterocycles. The van der Waals surface area contributed by atoms with E-state index in [4.69, 9.17) is 0 Å². The first-order valence-electron chi connectivity index (χ1n) is 5.87. The van der Waals surface area contributed by atoms with Crippen LogP contribution in [-0.4, -0.2) is 15.8 Å². The second-order valence-corrected chi connectivity index (χ2v) is 4.32. The summed E-state index contributed by atoms with van der Waals surface area (Å²) in [5, 5.41) is 6.90. The van der Waals surface area contributed by atoms with E-state index in [1.54, 1.807) is 29.2 Å². The van der Waals surface area contributed by atoms with Gasteiger partial charge in [-0.25, -0.2) is 0 Å². The van der Waals surface area contributed by atoms with Crippen molar-refractivity contribution in [2.75, 3.05) is 5.32 Å². The second kappa shape index (κ2) is 5.34. The summed E-state index contributed by atoms with van der Waals surface area (Å²) in [6.07, 6.45) is -0.945. The molecule has 0 bridgehead atoms. The molecular formula is C13H14F3N3. The first kappa shape index (κ1) is 13.5. The number of rotatable bonds is 4. The minimum absolute atomic E-state index is 0.0923. The van der Waals surface area contributed by atoms with Crippen LogP contribution in [0.3, 0.4) is 0 Å². The predicted molar refractivity (Wildman–Crippen MR) is 66.8 cm³/mol. The van der Waals surface area contributed by atoms with Gasteiger partial charge in [0, 0.05) is 24.1 Å².